The number of nitrogens with zero attached hydrogens (tertiary/aromatic N) is 1. The van der Waals surface area contributed by atoms with Gasteiger partial charge in [-0.2, -0.15) is 0 Å². The lowest BCUT2D eigenvalue weighted by Crippen LogP contribution is -2.17. The molecule has 0 aliphatic carbocycles. The molecule has 0 fully saturated rings. The fourth-order valence-corrected chi connectivity index (χ4v) is 5.29. The van der Waals surface area contributed by atoms with Gasteiger partial charge in [0.25, 0.3) is 0 Å². The van der Waals surface area contributed by atoms with E-state index in [0.29, 0.717) is 0 Å². The summed E-state index contributed by atoms with van der Waals surface area (Å²) in [4.78, 5) is 2.37. The smallest absolute Gasteiger partial charge is 0.151 e. The normalized spacial score (nSPS) is 11.8. The summed E-state index contributed by atoms with van der Waals surface area (Å²) < 4.78 is 6.37. The molecule has 6 aromatic carbocycles. The largest absolute Gasteiger partial charge is 0.453 e. The zero-order chi connectivity index (χ0) is 25.3. The number of benzene rings is 6. The lowest BCUT2D eigenvalue weighted by molar-refractivity contribution is 0.477. The Balaban J connectivity index is 1.61. The Kier molecular flexibility index (Phi) is 5.49. The maximum Gasteiger partial charge on any atom is 0.151 e. The molecule has 0 atom stereocenters. The van der Waals surface area contributed by atoms with E-state index in [1.165, 1.54) is 22.3 Å². The van der Waals surface area contributed by atoms with Crippen LogP contribution in [0.15, 0.2) is 152 Å². The van der Waals surface area contributed by atoms with Crippen LogP contribution < -0.4 is 9.64 Å². The molecule has 38 heavy (non-hydrogen) atoms. The minimum atomic E-state index is 0.844. The van der Waals surface area contributed by atoms with Gasteiger partial charge in [-0.1, -0.05) is 115 Å². The van der Waals surface area contributed by atoms with E-state index in [4.69, 9.17) is 4.74 Å². The predicted octanol–water partition coefficient (Wildman–Crippen LogP) is 10.3. The maximum atomic E-state index is 6.37. The topological polar surface area (TPSA) is 12.5 Å². The van der Waals surface area contributed by atoms with Gasteiger partial charge >= 0.3 is 0 Å². The van der Waals surface area contributed by atoms with Gasteiger partial charge in [0.15, 0.2) is 11.5 Å². The fourth-order valence-electron chi connectivity index (χ4n) is 5.29. The molecule has 0 saturated heterocycles. The third-order valence-corrected chi connectivity index (χ3v) is 7.04. The van der Waals surface area contributed by atoms with Crippen LogP contribution in [0.2, 0.25) is 0 Å². The van der Waals surface area contributed by atoms with Crippen LogP contribution in [0.5, 0.6) is 11.5 Å². The summed E-state index contributed by atoms with van der Waals surface area (Å²) in [6.45, 7) is 0. The first-order chi connectivity index (χ1) is 18.9. The third-order valence-electron chi connectivity index (χ3n) is 7.04. The number of fused-ring (bicyclic) bond motifs is 2. The van der Waals surface area contributed by atoms with E-state index in [1.54, 1.807) is 0 Å². The Morgan fingerprint density at radius 2 is 0.763 bits per heavy atom. The molecule has 0 saturated carbocycles. The van der Waals surface area contributed by atoms with Crippen LogP contribution in [0.3, 0.4) is 0 Å². The second-order valence-electron chi connectivity index (χ2n) is 9.39. The molecule has 6 aromatic rings. The molecule has 0 amide bonds. The van der Waals surface area contributed by atoms with E-state index in [2.05, 4.69) is 132 Å². The molecule has 0 radical (unpaired) electrons. The highest BCUT2D eigenvalue weighted by atomic mass is 16.5. The van der Waals surface area contributed by atoms with Crippen molar-refractivity contribution >= 4 is 17.1 Å². The number of hydrogen-bond donors (Lipinski definition) is 0. The summed E-state index contributed by atoms with van der Waals surface area (Å²) >= 11 is 0. The Morgan fingerprint density at radius 3 is 1.24 bits per heavy atom. The second-order valence-corrected chi connectivity index (χ2v) is 9.39. The highest BCUT2D eigenvalue weighted by molar-refractivity contribution is 6.02. The summed E-state index contributed by atoms with van der Waals surface area (Å²) in [6, 6.07) is 53.2. The first-order valence-corrected chi connectivity index (χ1v) is 12.9. The first kappa shape index (κ1) is 22.1. The van der Waals surface area contributed by atoms with Crippen LogP contribution >= 0.6 is 0 Å². The molecule has 0 unspecified atom stereocenters. The van der Waals surface area contributed by atoms with Gasteiger partial charge in [0, 0.05) is 11.1 Å². The zero-order valence-corrected chi connectivity index (χ0v) is 20.8. The van der Waals surface area contributed by atoms with E-state index in [9.17, 15) is 0 Å². The van der Waals surface area contributed by atoms with E-state index in [-0.39, 0.29) is 0 Å². The third kappa shape index (κ3) is 3.84. The van der Waals surface area contributed by atoms with Gasteiger partial charge < -0.3 is 9.64 Å². The molecule has 2 heteroatoms. The molecular formula is C36H25NO. The quantitative estimate of drug-likeness (QED) is 0.245. The standard InChI is InChI=1S/C36H25NO/c1-4-14-26(15-5-1)29-24-30(27-16-6-2-7-17-27)36(31(25-29)28-18-8-3-9-19-28)37-32-20-10-12-22-34(32)38-35-23-13-11-21-33(35)37/h1-25H. The van der Waals surface area contributed by atoms with Gasteiger partial charge in [-0.3, -0.25) is 0 Å². The van der Waals surface area contributed by atoms with Crippen LogP contribution in [-0.4, -0.2) is 0 Å². The van der Waals surface area contributed by atoms with Crippen LogP contribution in [0.4, 0.5) is 17.1 Å². The predicted molar refractivity (Wildman–Crippen MR) is 158 cm³/mol. The first-order valence-electron chi connectivity index (χ1n) is 12.9. The molecular weight excluding hydrogens is 462 g/mol. The maximum absolute atomic E-state index is 6.37. The van der Waals surface area contributed by atoms with Crippen molar-refractivity contribution in [3.8, 4) is 44.9 Å². The van der Waals surface area contributed by atoms with Gasteiger partial charge in [-0.15, -0.1) is 0 Å². The number of rotatable bonds is 4. The average Bonchev–Trinajstić information content (AvgIpc) is 3.00. The van der Waals surface area contributed by atoms with Gasteiger partial charge in [-0.25, -0.2) is 0 Å². The van der Waals surface area contributed by atoms with Crippen molar-refractivity contribution in [3.63, 3.8) is 0 Å². The fraction of sp³-hybridized carbons (Fsp3) is 0. The Labute approximate surface area is 223 Å². The van der Waals surface area contributed by atoms with Gasteiger partial charge in [0.2, 0.25) is 0 Å². The van der Waals surface area contributed by atoms with Gasteiger partial charge in [0.05, 0.1) is 17.1 Å². The lowest BCUT2D eigenvalue weighted by atomic mass is 9.89. The zero-order valence-electron chi connectivity index (χ0n) is 20.8. The monoisotopic (exact) mass is 487 g/mol. The van der Waals surface area contributed by atoms with Crippen molar-refractivity contribution < 1.29 is 4.74 Å². The molecule has 0 bridgehead atoms. The molecule has 7 rings (SSSR count). The van der Waals surface area contributed by atoms with E-state index in [1.807, 2.05) is 24.3 Å². The van der Waals surface area contributed by atoms with Crippen molar-refractivity contribution in [2.24, 2.45) is 0 Å². The summed E-state index contributed by atoms with van der Waals surface area (Å²) in [6.07, 6.45) is 0. The highest BCUT2D eigenvalue weighted by Crippen LogP contribution is 2.55. The Bertz CT molecular complexity index is 1620. The number of anilines is 3. The molecule has 2 nitrogen and oxygen atoms in total. The number of hydrogen-bond acceptors (Lipinski definition) is 2. The van der Waals surface area contributed by atoms with Gasteiger partial charge in [-0.05, 0) is 58.7 Å². The van der Waals surface area contributed by atoms with Crippen molar-refractivity contribution in [2.75, 3.05) is 4.90 Å². The van der Waals surface area contributed by atoms with Crippen LogP contribution in [-0.2, 0) is 0 Å². The van der Waals surface area contributed by atoms with Crippen molar-refractivity contribution in [1.82, 2.24) is 0 Å². The highest BCUT2D eigenvalue weighted by Gasteiger charge is 2.30. The van der Waals surface area contributed by atoms with Crippen LogP contribution in [0.1, 0.15) is 0 Å². The van der Waals surface area contributed by atoms with E-state index < -0.39 is 0 Å². The van der Waals surface area contributed by atoms with E-state index in [0.717, 1.165) is 39.7 Å². The van der Waals surface area contributed by atoms with Crippen LogP contribution in [0, 0.1) is 0 Å². The molecule has 1 heterocycles. The lowest BCUT2D eigenvalue weighted by Gasteiger charge is -2.35. The van der Waals surface area contributed by atoms with Crippen molar-refractivity contribution in [3.05, 3.63) is 152 Å². The molecule has 1 aliphatic rings. The number of ether oxygens (including phenoxy) is 1. The summed E-state index contributed by atoms with van der Waals surface area (Å²) in [5, 5.41) is 0. The SMILES string of the molecule is c1ccc(-c2cc(-c3ccccc3)c(N3c4ccccc4Oc4ccccc43)c(-c3ccccc3)c2)cc1. The second kappa shape index (κ2) is 9.42. The minimum absolute atomic E-state index is 0.844. The summed E-state index contributed by atoms with van der Waals surface area (Å²) in [5.74, 6) is 1.69. The van der Waals surface area contributed by atoms with Crippen molar-refractivity contribution in [1.29, 1.82) is 0 Å². The average molecular weight is 488 g/mol. The Hall–Kier alpha value is -5.08. The van der Waals surface area contributed by atoms with Crippen LogP contribution in [0.25, 0.3) is 33.4 Å². The Morgan fingerprint density at radius 1 is 0.368 bits per heavy atom. The molecule has 0 N–H and O–H groups in total. The molecule has 1 aliphatic heterocycles. The van der Waals surface area contributed by atoms with E-state index >= 15 is 0 Å². The summed E-state index contributed by atoms with van der Waals surface area (Å²) in [5.41, 5.74) is 10.2. The molecule has 180 valence electrons. The summed E-state index contributed by atoms with van der Waals surface area (Å²) in [7, 11) is 0. The van der Waals surface area contributed by atoms with Crippen molar-refractivity contribution in [2.45, 2.75) is 0 Å². The van der Waals surface area contributed by atoms with Gasteiger partial charge in [0.1, 0.15) is 0 Å². The molecule has 0 aromatic heterocycles. The number of para-hydroxylation sites is 4. The minimum Gasteiger partial charge on any atom is -0.453 e. The molecule has 0 spiro atoms.